The fourth-order valence-corrected chi connectivity index (χ4v) is 5.12. The zero-order valence-electron chi connectivity index (χ0n) is 26.1. The number of Topliss-reactive ketones (excluding diaryl/α,β-unsaturated/α-hetero) is 1. The summed E-state index contributed by atoms with van der Waals surface area (Å²) in [7, 11) is -1.35. The number of rotatable bonds is 10. The van der Waals surface area contributed by atoms with Crippen LogP contribution in [0.4, 0.5) is 22.0 Å². The Hall–Kier alpha value is -4.22. The van der Waals surface area contributed by atoms with Gasteiger partial charge < -0.3 is 10.1 Å². The molecule has 1 aliphatic rings. The van der Waals surface area contributed by atoms with Gasteiger partial charge in [0, 0.05) is 37.6 Å². The Balaban J connectivity index is 1.73. The molecule has 4 rings (SSSR count). The van der Waals surface area contributed by atoms with Gasteiger partial charge in [0.1, 0.15) is 5.82 Å². The zero-order chi connectivity index (χ0) is 31.4. The normalized spacial score (nSPS) is 13.3. The quantitative estimate of drug-likeness (QED) is 0.190. The first-order valence-electron chi connectivity index (χ1n) is 14.4. The minimum absolute atomic E-state index is 0.0752. The van der Waals surface area contributed by atoms with Gasteiger partial charge in [-0.05, 0) is 36.7 Å². The molecule has 1 aromatic heterocycles. The molecular weight excluding hydrogens is 560 g/mol. The topological polar surface area (TPSA) is 121 Å². The highest BCUT2D eigenvalue weighted by Crippen LogP contribution is 2.32. The van der Waals surface area contributed by atoms with Crippen LogP contribution in [0.2, 0.25) is 25.7 Å². The van der Waals surface area contributed by atoms with Gasteiger partial charge in [-0.2, -0.15) is 0 Å². The van der Waals surface area contributed by atoms with E-state index in [4.69, 9.17) is 4.74 Å². The number of imidazole rings is 1. The van der Waals surface area contributed by atoms with Crippen LogP contribution in [0.15, 0.2) is 70.3 Å². The summed E-state index contributed by atoms with van der Waals surface area (Å²) in [6.07, 6.45) is 3.32. The van der Waals surface area contributed by atoms with E-state index >= 15 is 0 Å². The van der Waals surface area contributed by atoms with Crippen molar-refractivity contribution >= 4 is 43.3 Å². The van der Waals surface area contributed by atoms with Gasteiger partial charge >= 0.3 is 11.7 Å². The van der Waals surface area contributed by atoms with Crippen molar-refractivity contribution in [3.05, 3.63) is 87.9 Å². The highest BCUT2D eigenvalue weighted by molar-refractivity contribution is 6.76. The molecule has 228 valence electrons. The van der Waals surface area contributed by atoms with Crippen molar-refractivity contribution in [1.29, 1.82) is 0 Å². The number of benzene rings is 2. The molecule has 2 heterocycles. The van der Waals surface area contributed by atoms with E-state index in [9.17, 15) is 14.4 Å². The second-order valence-corrected chi connectivity index (χ2v) is 18.6. The van der Waals surface area contributed by atoms with E-state index in [0.717, 1.165) is 22.9 Å². The molecule has 0 fully saturated rings. The van der Waals surface area contributed by atoms with Gasteiger partial charge in [-0.15, -0.1) is 0 Å². The number of hydrogen-bond acceptors (Lipinski definition) is 6. The van der Waals surface area contributed by atoms with Crippen LogP contribution in [-0.4, -0.2) is 42.3 Å². The van der Waals surface area contributed by atoms with E-state index in [-0.39, 0.29) is 24.8 Å². The van der Waals surface area contributed by atoms with E-state index in [1.54, 1.807) is 23.4 Å². The van der Waals surface area contributed by atoms with Crippen molar-refractivity contribution in [3.63, 3.8) is 0 Å². The zero-order valence-corrected chi connectivity index (χ0v) is 27.1. The largest absolute Gasteiger partial charge is 0.375 e. The second-order valence-electron chi connectivity index (χ2n) is 13.0. The summed E-state index contributed by atoms with van der Waals surface area (Å²) in [6, 6.07) is 15.6. The summed E-state index contributed by atoms with van der Waals surface area (Å²) in [5, 5.41) is 5.65. The molecule has 0 aliphatic carbocycles. The van der Waals surface area contributed by atoms with E-state index < -0.39 is 25.2 Å². The Morgan fingerprint density at radius 3 is 2.49 bits per heavy atom. The molecule has 10 nitrogen and oxygen atoms in total. The summed E-state index contributed by atoms with van der Waals surface area (Å²) >= 11 is 0. The lowest BCUT2D eigenvalue weighted by atomic mass is 9.91. The molecule has 11 heteroatoms. The van der Waals surface area contributed by atoms with Crippen LogP contribution in [0.1, 0.15) is 37.6 Å². The lowest BCUT2D eigenvalue weighted by Crippen LogP contribution is -2.31. The van der Waals surface area contributed by atoms with Crippen LogP contribution in [0, 0.1) is 12.3 Å². The molecule has 0 atom stereocenters. The Labute approximate surface area is 253 Å². The predicted molar refractivity (Wildman–Crippen MR) is 175 cm³/mol. The van der Waals surface area contributed by atoms with E-state index in [2.05, 4.69) is 40.3 Å². The van der Waals surface area contributed by atoms with E-state index in [1.807, 2.05) is 70.2 Å². The molecule has 0 saturated heterocycles. The minimum atomic E-state index is -1.35. The first-order valence-corrected chi connectivity index (χ1v) is 18.1. The number of ketones is 1. The number of carbonyl (C=O) groups excluding carboxylic acids is 2. The number of carbonyl (C=O) groups is 2. The Morgan fingerprint density at radius 1 is 1.05 bits per heavy atom. The Kier molecular flexibility index (Phi) is 9.56. The number of amides is 2. The third-order valence-corrected chi connectivity index (χ3v) is 8.70. The van der Waals surface area contributed by atoms with Crippen molar-refractivity contribution in [3.8, 4) is 0 Å². The number of aromatic amines is 1. The highest BCUT2D eigenvalue weighted by atomic mass is 28.3. The highest BCUT2D eigenvalue weighted by Gasteiger charge is 2.28. The van der Waals surface area contributed by atoms with Crippen molar-refractivity contribution in [2.75, 3.05) is 16.8 Å². The van der Waals surface area contributed by atoms with Gasteiger partial charge in [-0.25, -0.2) is 14.6 Å². The summed E-state index contributed by atoms with van der Waals surface area (Å²) in [6.45, 7) is 14.9. The first kappa shape index (κ1) is 31.7. The fraction of sp³-hybridized carbons (Fsp3) is 0.375. The molecular formula is C32H42N6O4Si. The molecule has 43 heavy (non-hydrogen) atoms. The maximum Gasteiger partial charge on any atom is 0.327 e. The van der Waals surface area contributed by atoms with Crippen molar-refractivity contribution < 1.29 is 14.3 Å². The van der Waals surface area contributed by atoms with Crippen LogP contribution in [0.25, 0.3) is 0 Å². The van der Waals surface area contributed by atoms with Crippen LogP contribution < -0.4 is 21.2 Å². The molecule has 0 bridgehead atoms. The van der Waals surface area contributed by atoms with Crippen molar-refractivity contribution in [2.24, 2.45) is 10.4 Å². The number of nitrogens with one attached hydrogen (secondary N) is 3. The SMILES string of the molecule is Cc1cccc(NC(=O)NC2=CN(c3[nH]c(=O)n(CC(=O)C(C)(C)C)c3COCC[Si](C)(C)C)c3ccccc3C=N2)c1. The molecule has 0 spiro atoms. The van der Waals surface area contributed by atoms with Gasteiger partial charge in [0.15, 0.2) is 11.6 Å². The second kappa shape index (κ2) is 13.0. The van der Waals surface area contributed by atoms with Crippen molar-refractivity contribution in [1.82, 2.24) is 14.9 Å². The average molecular weight is 603 g/mol. The van der Waals surface area contributed by atoms with Gasteiger partial charge in [0.05, 0.1) is 30.7 Å². The van der Waals surface area contributed by atoms with Crippen molar-refractivity contribution in [2.45, 2.75) is 66.5 Å². The van der Waals surface area contributed by atoms with Gasteiger partial charge in [-0.3, -0.25) is 24.6 Å². The fourth-order valence-electron chi connectivity index (χ4n) is 4.36. The minimum Gasteiger partial charge on any atom is -0.375 e. The number of fused-ring (bicyclic) bond motifs is 1. The molecule has 2 aromatic carbocycles. The maximum absolute atomic E-state index is 13.4. The van der Waals surface area contributed by atoms with Crippen LogP contribution >= 0.6 is 0 Å². The molecule has 1 aliphatic heterocycles. The van der Waals surface area contributed by atoms with Gasteiger partial charge in [-0.1, -0.05) is 70.7 Å². The molecule has 0 radical (unpaired) electrons. The summed E-state index contributed by atoms with van der Waals surface area (Å²) in [5.41, 5.74) is 2.68. The summed E-state index contributed by atoms with van der Waals surface area (Å²) in [4.78, 5) is 48.7. The molecule has 0 saturated carbocycles. The molecule has 3 aromatic rings. The molecule has 0 unspecified atom stereocenters. The molecule has 3 N–H and O–H groups in total. The average Bonchev–Trinajstić information content (AvgIpc) is 3.09. The number of nitrogens with zero attached hydrogens (tertiary/aromatic N) is 3. The van der Waals surface area contributed by atoms with Crippen LogP contribution in [0.5, 0.6) is 0 Å². The monoisotopic (exact) mass is 602 g/mol. The number of ether oxygens (including phenoxy) is 1. The lowest BCUT2D eigenvalue weighted by Gasteiger charge is -2.23. The smallest absolute Gasteiger partial charge is 0.327 e. The number of aliphatic imine (C=N–C) groups is 1. The summed E-state index contributed by atoms with van der Waals surface area (Å²) in [5.74, 6) is 0.621. The predicted octanol–water partition coefficient (Wildman–Crippen LogP) is 6.15. The van der Waals surface area contributed by atoms with E-state index in [1.165, 1.54) is 4.57 Å². The van der Waals surface area contributed by atoms with Gasteiger partial charge in [0.25, 0.3) is 0 Å². The van der Waals surface area contributed by atoms with E-state index in [0.29, 0.717) is 23.8 Å². The Morgan fingerprint density at radius 2 is 1.79 bits per heavy atom. The number of aromatic nitrogens is 2. The molecule has 2 amide bonds. The van der Waals surface area contributed by atoms with Crippen LogP contribution in [0.3, 0.4) is 0 Å². The number of H-pyrrole nitrogens is 1. The lowest BCUT2D eigenvalue weighted by molar-refractivity contribution is -0.127. The number of hydrogen-bond donors (Lipinski definition) is 3. The number of anilines is 3. The maximum atomic E-state index is 13.4. The Bertz CT molecular complexity index is 1610. The number of aryl methyl sites for hydroxylation is 1. The summed E-state index contributed by atoms with van der Waals surface area (Å²) < 4.78 is 7.58. The third-order valence-electron chi connectivity index (χ3n) is 6.99. The third kappa shape index (κ3) is 8.42. The number of urea groups is 1. The standard InChI is InChI=1S/C32H42N6O4Si/c1-22-11-10-13-24(17-22)34-30(40)35-28-20-37(25-14-9-8-12-23(25)18-33-28)29-26(21-42-15-16-43(5,6)7)38(31(41)36-29)19-27(39)32(2,3)4/h8-14,17-18,20H,15-16,19,21H2,1-7H3,(H,36,41)(H2,34,35,40). The van der Waals surface area contributed by atoms with Gasteiger partial charge in [0.2, 0.25) is 0 Å². The van der Waals surface area contributed by atoms with Crippen LogP contribution in [-0.2, 0) is 22.7 Å². The number of para-hydroxylation sites is 1. The first-order chi connectivity index (χ1) is 20.2.